The summed E-state index contributed by atoms with van der Waals surface area (Å²) in [6.45, 7) is 5.78. The summed E-state index contributed by atoms with van der Waals surface area (Å²) in [5.74, 6) is 1.44. The number of amides is 1. The number of thiocarbonyl (C=S) groups is 1. The van der Waals surface area contributed by atoms with Crippen LogP contribution in [0.5, 0.6) is 0 Å². The molecule has 2 aromatic heterocycles. The van der Waals surface area contributed by atoms with Crippen molar-refractivity contribution in [2.75, 3.05) is 10.2 Å². The Labute approximate surface area is 226 Å². The number of aromatic nitrogens is 1. The van der Waals surface area contributed by atoms with Crippen molar-refractivity contribution in [1.82, 2.24) is 10.3 Å². The molecular weight excluding hydrogens is 504 g/mol. The number of carbonyl (C=O) groups is 1. The van der Waals surface area contributed by atoms with Crippen LogP contribution in [0.4, 0.5) is 11.4 Å². The molecular formula is C29H27ClN4O2S. The van der Waals surface area contributed by atoms with Gasteiger partial charge in [0.15, 0.2) is 5.11 Å². The number of halogens is 1. The van der Waals surface area contributed by atoms with Crippen LogP contribution in [0.2, 0.25) is 5.02 Å². The second kappa shape index (κ2) is 10.4. The Morgan fingerprint density at radius 2 is 1.95 bits per heavy atom. The molecule has 0 bridgehead atoms. The van der Waals surface area contributed by atoms with Crippen molar-refractivity contribution >= 4 is 46.2 Å². The quantitative estimate of drug-likeness (QED) is 0.258. The lowest BCUT2D eigenvalue weighted by molar-refractivity contribution is -0.115. The highest BCUT2D eigenvalue weighted by Gasteiger charge is 2.42. The maximum atomic E-state index is 11.9. The SMILES string of the molecule is CCC(=O)Nc1ccc(N2C(=S)N[C@H](c3ccccn3)[C@H]2c2ccc(-c3ccc(C)c(Cl)c3)o2)cc1C. The minimum absolute atomic E-state index is 0.0263. The van der Waals surface area contributed by atoms with Crippen LogP contribution in [0.3, 0.4) is 0 Å². The van der Waals surface area contributed by atoms with Gasteiger partial charge < -0.3 is 20.0 Å². The molecule has 0 unspecified atom stereocenters. The Bertz CT molecular complexity index is 1470. The summed E-state index contributed by atoms with van der Waals surface area (Å²) in [7, 11) is 0. The van der Waals surface area contributed by atoms with Gasteiger partial charge in [-0.15, -0.1) is 0 Å². The molecule has 0 aliphatic carbocycles. The average molecular weight is 531 g/mol. The van der Waals surface area contributed by atoms with E-state index in [2.05, 4.69) is 20.5 Å². The molecule has 2 aromatic carbocycles. The summed E-state index contributed by atoms with van der Waals surface area (Å²) < 4.78 is 6.44. The van der Waals surface area contributed by atoms with Crippen molar-refractivity contribution in [3.8, 4) is 11.3 Å². The molecule has 1 amide bonds. The van der Waals surface area contributed by atoms with Crippen LogP contribution >= 0.6 is 23.8 Å². The van der Waals surface area contributed by atoms with Crippen LogP contribution in [-0.2, 0) is 4.79 Å². The van der Waals surface area contributed by atoms with Gasteiger partial charge in [0.25, 0.3) is 0 Å². The maximum Gasteiger partial charge on any atom is 0.224 e. The third-order valence-electron chi connectivity index (χ3n) is 6.56. The summed E-state index contributed by atoms with van der Waals surface area (Å²) in [5, 5.41) is 7.67. The Morgan fingerprint density at radius 3 is 2.65 bits per heavy atom. The molecule has 2 atom stereocenters. The van der Waals surface area contributed by atoms with Crippen LogP contribution in [-0.4, -0.2) is 16.0 Å². The largest absolute Gasteiger partial charge is 0.459 e. The fourth-order valence-electron chi connectivity index (χ4n) is 4.51. The fraction of sp³-hybridized carbons (Fsp3) is 0.207. The highest BCUT2D eigenvalue weighted by atomic mass is 35.5. The molecule has 1 aliphatic heterocycles. The molecule has 0 spiro atoms. The molecule has 4 aromatic rings. The zero-order valence-corrected chi connectivity index (χ0v) is 22.4. The van der Waals surface area contributed by atoms with E-state index < -0.39 is 0 Å². The van der Waals surface area contributed by atoms with E-state index in [1.807, 2.05) is 87.5 Å². The number of pyridine rings is 1. The van der Waals surface area contributed by atoms with Crippen LogP contribution in [0.25, 0.3) is 11.3 Å². The van der Waals surface area contributed by atoms with Crippen molar-refractivity contribution in [2.45, 2.75) is 39.3 Å². The topological polar surface area (TPSA) is 70.4 Å². The van der Waals surface area contributed by atoms with Gasteiger partial charge in [-0.25, -0.2) is 0 Å². The van der Waals surface area contributed by atoms with Crippen molar-refractivity contribution < 1.29 is 9.21 Å². The first-order chi connectivity index (χ1) is 17.9. The van der Waals surface area contributed by atoms with E-state index in [1.165, 1.54) is 0 Å². The van der Waals surface area contributed by atoms with Gasteiger partial charge in [-0.2, -0.15) is 0 Å². The lowest BCUT2D eigenvalue weighted by atomic mass is 10.0. The molecule has 0 saturated carbocycles. The summed E-state index contributed by atoms with van der Waals surface area (Å²) in [5.41, 5.74) is 5.39. The predicted molar refractivity (Wildman–Crippen MR) is 152 cm³/mol. The summed E-state index contributed by atoms with van der Waals surface area (Å²) in [6, 6.07) is 21.1. The number of aryl methyl sites for hydroxylation is 2. The Hall–Kier alpha value is -3.68. The van der Waals surface area contributed by atoms with Crippen molar-refractivity contribution in [3.63, 3.8) is 0 Å². The lowest BCUT2D eigenvalue weighted by Crippen LogP contribution is -2.29. The van der Waals surface area contributed by atoms with Crippen LogP contribution in [0.1, 0.15) is 48.0 Å². The summed E-state index contributed by atoms with van der Waals surface area (Å²) >= 11 is 12.2. The first-order valence-electron chi connectivity index (χ1n) is 12.1. The monoisotopic (exact) mass is 530 g/mol. The van der Waals surface area contributed by atoms with Gasteiger partial charge in [0.1, 0.15) is 17.6 Å². The lowest BCUT2D eigenvalue weighted by Gasteiger charge is -2.26. The fourth-order valence-corrected chi connectivity index (χ4v) is 5.04. The summed E-state index contributed by atoms with van der Waals surface area (Å²) in [6.07, 6.45) is 2.19. The van der Waals surface area contributed by atoms with Crippen LogP contribution in [0.15, 0.2) is 77.3 Å². The predicted octanol–water partition coefficient (Wildman–Crippen LogP) is 7.14. The molecule has 6 nitrogen and oxygen atoms in total. The smallest absolute Gasteiger partial charge is 0.224 e. The van der Waals surface area contributed by atoms with E-state index in [-0.39, 0.29) is 18.0 Å². The molecule has 8 heteroatoms. The van der Waals surface area contributed by atoms with Crippen molar-refractivity contribution in [3.05, 3.63) is 101 Å². The van der Waals surface area contributed by atoms with Gasteiger partial charge in [-0.3, -0.25) is 9.78 Å². The highest BCUT2D eigenvalue weighted by molar-refractivity contribution is 7.80. The van der Waals surface area contributed by atoms with Gasteiger partial charge in [0.05, 0.1) is 11.7 Å². The number of anilines is 2. The third kappa shape index (κ3) is 4.97. The van der Waals surface area contributed by atoms with E-state index in [9.17, 15) is 4.79 Å². The van der Waals surface area contributed by atoms with E-state index >= 15 is 0 Å². The molecule has 1 fully saturated rings. The third-order valence-corrected chi connectivity index (χ3v) is 7.28. The Morgan fingerprint density at radius 1 is 1.11 bits per heavy atom. The first kappa shape index (κ1) is 25.0. The van der Waals surface area contributed by atoms with E-state index in [1.54, 1.807) is 6.20 Å². The number of rotatable bonds is 6. The Balaban J connectivity index is 1.56. The molecule has 3 heterocycles. The Kier molecular flexibility index (Phi) is 7.00. The number of hydrogen-bond acceptors (Lipinski definition) is 4. The molecule has 1 saturated heterocycles. The molecule has 37 heavy (non-hydrogen) atoms. The van der Waals surface area contributed by atoms with Gasteiger partial charge >= 0.3 is 0 Å². The number of furan rings is 1. The van der Waals surface area contributed by atoms with Crippen LogP contribution < -0.4 is 15.5 Å². The second-order valence-electron chi connectivity index (χ2n) is 9.06. The minimum atomic E-state index is -0.285. The molecule has 1 aliphatic rings. The second-order valence-corrected chi connectivity index (χ2v) is 9.86. The number of hydrogen-bond donors (Lipinski definition) is 2. The van der Waals surface area contributed by atoms with Crippen LogP contribution in [0, 0.1) is 13.8 Å². The normalized spacial score (nSPS) is 17.1. The van der Waals surface area contributed by atoms with Gasteiger partial charge in [-0.1, -0.05) is 36.7 Å². The van der Waals surface area contributed by atoms with Gasteiger partial charge in [-0.05, 0) is 85.7 Å². The molecule has 2 N–H and O–H groups in total. The maximum absolute atomic E-state index is 11.9. The number of benzene rings is 2. The summed E-state index contributed by atoms with van der Waals surface area (Å²) in [4.78, 5) is 18.6. The number of carbonyl (C=O) groups excluding carboxylic acids is 1. The molecule has 5 rings (SSSR count). The molecule has 0 radical (unpaired) electrons. The minimum Gasteiger partial charge on any atom is -0.459 e. The number of nitrogens with zero attached hydrogens (tertiary/aromatic N) is 2. The van der Waals surface area contributed by atoms with Gasteiger partial charge in [0.2, 0.25) is 5.91 Å². The number of nitrogens with one attached hydrogen (secondary N) is 2. The highest BCUT2D eigenvalue weighted by Crippen LogP contribution is 2.43. The zero-order valence-electron chi connectivity index (χ0n) is 20.8. The zero-order chi connectivity index (χ0) is 26.1. The standard InChI is InChI=1S/C29H27ClN4O2S/c1-4-26(35)32-22-11-10-20(15-18(22)3)34-28(27(33-29(34)37)23-7-5-6-14-31-23)25-13-12-24(36-25)19-9-8-17(2)21(30)16-19/h5-16,27-28H,4H2,1-3H3,(H,32,35)(H,33,37)/t27-,28-/m1/s1. The first-order valence-corrected chi connectivity index (χ1v) is 12.9. The van der Waals surface area contributed by atoms with Crippen molar-refractivity contribution in [2.24, 2.45) is 0 Å². The van der Waals surface area contributed by atoms with E-state index in [0.717, 1.165) is 45.3 Å². The van der Waals surface area contributed by atoms with Gasteiger partial charge in [0, 0.05) is 34.6 Å². The molecule has 188 valence electrons. The van der Waals surface area contributed by atoms with E-state index in [4.69, 9.17) is 28.2 Å². The van der Waals surface area contributed by atoms with E-state index in [0.29, 0.717) is 16.6 Å². The van der Waals surface area contributed by atoms with Crippen molar-refractivity contribution in [1.29, 1.82) is 0 Å². The average Bonchev–Trinajstić information content (AvgIpc) is 3.52.